The predicted molar refractivity (Wildman–Crippen MR) is 96.8 cm³/mol. The minimum absolute atomic E-state index is 0.250. The lowest BCUT2D eigenvalue weighted by molar-refractivity contribution is -0.269. The van der Waals surface area contributed by atoms with Crippen LogP contribution in [0.25, 0.3) is 0 Å². The highest BCUT2D eigenvalue weighted by molar-refractivity contribution is 4.94. The molecule has 0 amide bonds. The highest BCUT2D eigenvalue weighted by Gasteiger charge is 2.51. The van der Waals surface area contributed by atoms with E-state index in [1.807, 2.05) is 0 Å². The average Bonchev–Trinajstić information content (AvgIpc) is 3.25. The lowest BCUT2D eigenvalue weighted by Crippen LogP contribution is -2.47. The molecule has 6 nitrogen and oxygen atoms in total. The van der Waals surface area contributed by atoms with Gasteiger partial charge in [-0.15, -0.1) is 0 Å². The number of unbranched alkanes of at least 4 members (excludes halogenated alkanes) is 1. The first kappa shape index (κ1) is 20.5. The van der Waals surface area contributed by atoms with Gasteiger partial charge in [0.2, 0.25) is 0 Å². The van der Waals surface area contributed by atoms with E-state index in [0.29, 0.717) is 13.2 Å². The van der Waals surface area contributed by atoms with E-state index in [9.17, 15) is 5.11 Å². The molecule has 1 N–H and O–H groups in total. The Bertz CT molecular complexity index is 438. The molecule has 3 rings (SSSR count). The van der Waals surface area contributed by atoms with Crippen LogP contribution in [0.15, 0.2) is 0 Å². The van der Waals surface area contributed by atoms with Crippen LogP contribution < -0.4 is 0 Å². The molecular weight excluding hydrogens is 336 g/mol. The van der Waals surface area contributed by atoms with Gasteiger partial charge in [-0.3, -0.25) is 0 Å². The predicted octanol–water partition coefficient (Wildman–Crippen LogP) is 3.15. The first-order valence-electron chi connectivity index (χ1n) is 10.4. The lowest BCUT2D eigenvalue weighted by atomic mass is 9.93. The van der Waals surface area contributed by atoms with Gasteiger partial charge < -0.3 is 28.8 Å². The molecule has 2 heterocycles. The Balaban J connectivity index is 1.58. The fourth-order valence-electron chi connectivity index (χ4n) is 4.46. The lowest BCUT2D eigenvalue weighted by Gasteiger charge is -2.38. The van der Waals surface area contributed by atoms with Crippen LogP contribution in [0.5, 0.6) is 0 Å². The van der Waals surface area contributed by atoms with Gasteiger partial charge in [0.1, 0.15) is 24.4 Å². The van der Waals surface area contributed by atoms with E-state index in [1.54, 1.807) is 7.11 Å². The summed E-state index contributed by atoms with van der Waals surface area (Å²) in [7, 11) is 1.70. The summed E-state index contributed by atoms with van der Waals surface area (Å²) in [6.07, 6.45) is 7.24. The van der Waals surface area contributed by atoms with Crippen LogP contribution in [0.4, 0.5) is 0 Å². The van der Waals surface area contributed by atoms with E-state index < -0.39 is 23.8 Å². The molecule has 3 fully saturated rings. The largest absolute Gasteiger partial charge is 0.387 e. The maximum absolute atomic E-state index is 10.8. The van der Waals surface area contributed by atoms with Crippen molar-refractivity contribution >= 4 is 0 Å². The van der Waals surface area contributed by atoms with Crippen molar-refractivity contribution in [2.75, 3.05) is 20.3 Å². The standard InChI is InChI=1S/C20H36O6/c1-4-6-10-19(5-2)24-14-16(26-19)18-17(21)15(13-23-18)25-20(22-3)11-8-7-9-12-20/h15-18,21H,4-14H2,1-3H3. The maximum Gasteiger partial charge on any atom is 0.168 e. The number of aliphatic hydroxyl groups excluding tert-OH is 1. The Morgan fingerprint density at radius 2 is 1.88 bits per heavy atom. The van der Waals surface area contributed by atoms with Gasteiger partial charge in [0.15, 0.2) is 11.6 Å². The molecule has 6 heteroatoms. The van der Waals surface area contributed by atoms with E-state index in [1.165, 1.54) is 6.42 Å². The molecule has 0 aromatic rings. The Labute approximate surface area is 157 Å². The summed E-state index contributed by atoms with van der Waals surface area (Å²) in [6.45, 7) is 5.08. The third-order valence-electron chi connectivity index (χ3n) is 6.22. The van der Waals surface area contributed by atoms with Crippen LogP contribution in [0.1, 0.15) is 71.6 Å². The van der Waals surface area contributed by atoms with Crippen molar-refractivity contribution < 1.29 is 28.8 Å². The average molecular weight is 373 g/mol. The zero-order valence-electron chi connectivity index (χ0n) is 16.6. The molecule has 1 aliphatic carbocycles. The normalized spacial score (nSPS) is 40.2. The molecule has 1 saturated carbocycles. The zero-order chi connectivity index (χ0) is 18.6. The monoisotopic (exact) mass is 372 g/mol. The summed E-state index contributed by atoms with van der Waals surface area (Å²) < 4.78 is 30.1. The second-order valence-electron chi connectivity index (χ2n) is 7.96. The first-order chi connectivity index (χ1) is 12.6. The van der Waals surface area contributed by atoms with Crippen molar-refractivity contribution in [3.05, 3.63) is 0 Å². The van der Waals surface area contributed by atoms with Gasteiger partial charge >= 0.3 is 0 Å². The van der Waals surface area contributed by atoms with Crippen LogP contribution in [0.2, 0.25) is 0 Å². The van der Waals surface area contributed by atoms with Gasteiger partial charge in [0.05, 0.1) is 13.2 Å². The van der Waals surface area contributed by atoms with Crippen LogP contribution in [-0.2, 0) is 23.7 Å². The van der Waals surface area contributed by atoms with Crippen molar-refractivity contribution in [3.63, 3.8) is 0 Å². The molecule has 0 bridgehead atoms. The Hall–Kier alpha value is -0.240. The van der Waals surface area contributed by atoms with Crippen molar-refractivity contribution in [3.8, 4) is 0 Å². The molecule has 152 valence electrons. The molecular formula is C20H36O6. The number of hydrogen-bond donors (Lipinski definition) is 1. The van der Waals surface area contributed by atoms with E-state index in [-0.39, 0.29) is 12.2 Å². The molecule has 2 saturated heterocycles. The SMILES string of the molecule is CCCCC1(CC)OCC(C2OCC(OC3(OC)CCCCC3)C2O)O1. The summed E-state index contributed by atoms with van der Waals surface area (Å²) in [4.78, 5) is 0. The van der Waals surface area contributed by atoms with Crippen LogP contribution in [-0.4, -0.2) is 61.4 Å². The van der Waals surface area contributed by atoms with Crippen molar-refractivity contribution in [1.29, 1.82) is 0 Å². The molecule has 2 aliphatic heterocycles. The highest BCUT2D eigenvalue weighted by atomic mass is 16.8. The highest BCUT2D eigenvalue weighted by Crippen LogP contribution is 2.39. The molecule has 3 aliphatic rings. The quantitative estimate of drug-likeness (QED) is 0.660. The summed E-state index contributed by atoms with van der Waals surface area (Å²) in [5, 5.41) is 10.8. The van der Waals surface area contributed by atoms with Gasteiger partial charge in [-0.05, 0) is 25.7 Å². The molecule has 5 unspecified atom stereocenters. The zero-order valence-corrected chi connectivity index (χ0v) is 16.6. The van der Waals surface area contributed by atoms with Crippen molar-refractivity contribution in [1.82, 2.24) is 0 Å². The van der Waals surface area contributed by atoms with Crippen LogP contribution in [0, 0.1) is 0 Å². The van der Waals surface area contributed by atoms with Gasteiger partial charge in [-0.25, -0.2) is 0 Å². The Morgan fingerprint density at radius 1 is 1.12 bits per heavy atom. The second kappa shape index (κ2) is 8.84. The number of rotatable bonds is 8. The van der Waals surface area contributed by atoms with Crippen LogP contribution >= 0.6 is 0 Å². The Kier molecular flexibility index (Phi) is 6.97. The third kappa shape index (κ3) is 4.26. The number of ether oxygens (including phenoxy) is 5. The molecule has 0 aromatic carbocycles. The minimum atomic E-state index is -0.726. The third-order valence-corrected chi connectivity index (χ3v) is 6.22. The van der Waals surface area contributed by atoms with E-state index in [0.717, 1.165) is 51.4 Å². The van der Waals surface area contributed by atoms with Gasteiger partial charge in [-0.2, -0.15) is 0 Å². The second-order valence-corrected chi connectivity index (χ2v) is 7.96. The van der Waals surface area contributed by atoms with Gasteiger partial charge in [0.25, 0.3) is 0 Å². The summed E-state index contributed by atoms with van der Waals surface area (Å²) in [5.41, 5.74) is 0. The van der Waals surface area contributed by atoms with Gasteiger partial charge in [0, 0.05) is 26.4 Å². The van der Waals surface area contributed by atoms with E-state index >= 15 is 0 Å². The molecule has 0 aromatic heterocycles. The van der Waals surface area contributed by atoms with Gasteiger partial charge in [-0.1, -0.05) is 26.7 Å². The van der Waals surface area contributed by atoms with Crippen molar-refractivity contribution in [2.24, 2.45) is 0 Å². The minimum Gasteiger partial charge on any atom is -0.387 e. The topological polar surface area (TPSA) is 66.4 Å². The van der Waals surface area contributed by atoms with Crippen LogP contribution in [0.3, 0.4) is 0 Å². The summed E-state index contributed by atoms with van der Waals surface area (Å²) in [5.74, 6) is -1.11. The summed E-state index contributed by atoms with van der Waals surface area (Å²) in [6, 6.07) is 0. The molecule has 26 heavy (non-hydrogen) atoms. The van der Waals surface area contributed by atoms with E-state index in [2.05, 4.69) is 13.8 Å². The summed E-state index contributed by atoms with van der Waals surface area (Å²) >= 11 is 0. The number of hydrogen-bond acceptors (Lipinski definition) is 6. The Morgan fingerprint density at radius 3 is 2.54 bits per heavy atom. The van der Waals surface area contributed by atoms with E-state index in [4.69, 9.17) is 23.7 Å². The first-order valence-corrected chi connectivity index (χ1v) is 10.4. The fourth-order valence-corrected chi connectivity index (χ4v) is 4.46. The smallest absolute Gasteiger partial charge is 0.168 e. The molecule has 0 radical (unpaired) electrons. The fraction of sp³-hybridized carbons (Fsp3) is 1.00. The van der Waals surface area contributed by atoms with Crippen molar-refractivity contribution in [2.45, 2.75) is 108 Å². The number of methoxy groups -OCH3 is 1. The maximum atomic E-state index is 10.8. The molecule has 5 atom stereocenters. The number of aliphatic hydroxyl groups is 1. The molecule has 0 spiro atoms.